The molecule has 0 bridgehead atoms. The Morgan fingerprint density at radius 1 is 1.15 bits per heavy atom. The molecule has 1 heterocycles. The molecule has 66 valence electrons. The molecule has 0 N–H and O–H groups in total. The van der Waals surface area contributed by atoms with Gasteiger partial charge in [0.15, 0.2) is 0 Å². The van der Waals surface area contributed by atoms with Crippen molar-refractivity contribution in [1.82, 2.24) is 4.98 Å². The summed E-state index contributed by atoms with van der Waals surface area (Å²) in [7, 11) is 0. The van der Waals surface area contributed by atoms with Crippen molar-refractivity contribution >= 4 is 42.6 Å². The smallest absolute Gasteiger partial charge is 0.123 e. The molecular weight excluding hydrogens is 301 g/mol. The van der Waals surface area contributed by atoms with Crippen LogP contribution in [0.1, 0.15) is 0 Å². The van der Waals surface area contributed by atoms with Crippen LogP contribution in [0.25, 0.3) is 10.8 Å². The SMILES string of the molecule is Fc1ccc2cc(Br)nc(Br)c2c1. The predicted octanol–water partition coefficient (Wildman–Crippen LogP) is 3.90. The van der Waals surface area contributed by atoms with Crippen LogP contribution >= 0.6 is 31.9 Å². The molecule has 0 amide bonds. The minimum absolute atomic E-state index is 0.252. The molecule has 2 rings (SSSR count). The van der Waals surface area contributed by atoms with Gasteiger partial charge in [0.25, 0.3) is 0 Å². The van der Waals surface area contributed by atoms with Crippen LogP contribution in [-0.2, 0) is 0 Å². The van der Waals surface area contributed by atoms with E-state index < -0.39 is 0 Å². The summed E-state index contributed by atoms with van der Waals surface area (Å²) in [5.41, 5.74) is 0. The molecule has 1 aromatic carbocycles. The minimum atomic E-state index is -0.252. The molecule has 2 aromatic rings. The average Bonchev–Trinajstić information content (AvgIpc) is 2.06. The molecule has 0 unspecified atom stereocenters. The summed E-state index contributed by atoms with van der Waals surface area (Å²) in [5.74, 6) is -0.252. The summed E-state index contributed by atoms with van der Waals surface area (Å²) in [6, 6.07) is 6.46. The zero-order valence-corrected chi connectivity index (χ0v) is 9.56. The Kier molecular flexibility index (Phi) is 2.34. The van der Waals surface area contributed by atoms with E-state index in [1.165, 1.54) is 12.1 Å². The van der Waals surface area contributed by atoms with Crippen LogP contribution in [-0.4, -0.2) is 4.98 Å². The molecule has 1 nitrogen and oxygen atoms in total. The average molecular weight is 305 g/mol. The zero-order chi connectivity index (χ0) is 9.42. The number of hydrogen-bond acceptors (Lipinski definition) is 1. The third kappa shape index (κ3) is 1.74. The van der Waals surface area contributed by atoms with Crippen LogP contribution in [0, 0.1) is 5.82 Å². The Hall–Kier alpha value is -0.480. The van der Waals surface area contributed by atoms with E-state index in [4.69, 9.17) is 0 Å². The Morgan fingerprint density at radius 3 is 2.69 bits per heavy atom. The maximum Gasteiger partial charge on any atom is 0.123 e. The quantitative estimate of drug-likeness (QED) is 0.673. The van der Waals surface area contributed by atoms with Gasteiger partial charge in [-0.2, -0.15) is 0 Å². The molecule has 0 aliphatic rings. The maximum absolute atomic E-state index is 12.9. The fraction of sp³-hybridized carbons (Fsp3) is 0. The minimum Gasteiger partial charge on any atom is -0.233 e. The van der Waals surface area contributed by atoms with Crippen LogP contribution in [0.2, 0.25) is 0 Å². The second kappa shape index (κ2) is 3.35. The van der Waals surface area contributed by atoms with Crippen molar-refractivity contribution in [2.75, 3.05) is 0 Å². The van der Waals surface area contributed by atoms with Gasteiger partial charge in [0.05, 0.1) is 0 Å². The van der Waals surface area contributed by atoms with Crippen molar-refractivity contribution in [3.05, 3.63) is 39.3 Å². The normalized spacial score (nSPS) is 10.7. The van der Waals surface area contributed by atoms with Gasteiger partial charge in [0, 0.05) is 5.39 Å². The van der Waals surface area contributed by atoms with Gasteiger partial charge in [-0.15, -0.1) is 0 Å². The van der Waals surface area contributed by atoms with Crippen molar-refractivity contribution in [1.29, 1.82) is 0 Å². The summed E-state index contributed by atoms with van der Waals surface area (Å²) >= 11 is 6.54. The molecule has 0 radical (unpaired) electrons. The first-order valence-corrected chi connectivity index (χ1v) is 5.17. The second-order valence-corrected chi connectivity index (χ2v) is 4.16. The van der Waals surface area contributed by atoms with Crippen molar-refractivity contribution in [2.24, 2.45) is 0 Å². The zero-order valence-electron chi connectivity index (χ0n) is 6.39. The van der Waals surface area contributed by atoms with Crippen LogP contribution < -0.4 is 0 Å². The van der Waals surface area contributed by atoms with Gasteiger partial charge in [-0.1, -0.05) is 6.07 Å². The first-order valence-electron chi connectivity index (χ1n) is 3.58. The van der Waals surface area contributed by atoms with Gasteiger partial charge in [-0.25, -0.2) is 9.37 Å². The number of halogens is 3. The summed E-state index contributed by atoms with van der Waals surface area (Å²) in [4.78, 5) is 4.11. The van der Waals surface area contributed by atoms with Crippen molar-refractivity contribution in [3.8, 4) is 0 Å². The van der Waals surface area contributed by atoms with E-state index in [2.05, 4.69) is 36.8 Å². The summed E-state index contributed by atoms with van der Waals surface area (Å²) < 4.78 is 14.2. The summed E-state index contributed by atoms with van der Waals surface area (Å²) in [6.45, 7) is 0. The molecule has 0 saturated carbocycles. The number of nitrogens with zero attached hydrogens (tertiary/aromatic N) is 1. The second-order valence-electron chi connectivity index (χ2n) is 2.60. The monoisotopic (exact) mass is 303 g/mol. The van der Waals surface area contributed by atoms with E-state index in [1.54, 1.807) is 6.07 Å². The lowest BCUT2D eigenvalue weighted by Crippen LogP contribution is -1.82. The highest BCUT2D eigenvalue weighted by Crippen LogP contribution is 2.25. The number of fused-ring (bicyclic) bond motifs is 1. The van der Waals surface area contributed by atoms with Crippen LogP contribution in [0.15, 0.2) is 33.5 Å². The third-order valence-corrected chi connectivity index (χ3v) is 2.73. The van der Waals surface area contributed by atoms with E-state index in [1.807, 2.05) is 6.07 Å². The summed E-state index contributed by atoms with van der Waals surface area (Å²) in [6.07, 6.45) is 0. The van der Waals surface area contributed by atoms with Gasteiger partial charge in [-0.05, 0) is 55.4 Å². The highest BCUT2D eigenvalue weighted by atomic mass is 79.9. The lowest BCUT2D eigenvalue weighted by Gasteiger charge is -2.00. The Morgan fingerprint density at radius 2 is 1.92 bits per heavy atom. The van der Waals surface area contributed by atoms with Gasteiger partial charge in [-0.3, -0.25) is 0 Å². The fourth-order valence-corrected chi connectivity index (χ4v) is 2.34. The lowest BCUT2D eigenvalue weighted by molar-refractivity contribution is 0.629. The van der Waals surface area contributed by atoms with E-state index in [0.29, 0.717) is 4.60 Å². The Labute approximate surface area is 91.2 Å². The van der Waals surface area contributed by atoms with Crippen LogP contribution in [0.5, 0.6) is 0 Å². The topological polar surface area (TPSA) is 12.9 Å². The maximum atomic E-state index is 12.9. The Bertz CT molecular complexity index is 470. The largest absolute Gasteiger partial charge is 0.233 e. The molecule has 0 aliphatic heterocycles. The molecule has 0 spiro atoms. The highest BCUT2D eigenvalue weighted by Gasteiger charge is 2.02. The first kappa shape index (κ1) is 9.09. The Balaban J connectivity index is 2.87. The third-order valence-electron chi connectivity index (χ3n) is 1.72. The van der Waals surface area contributed by atoms with E-state index in [0.717, 1.165) is 15.4 Å². The van der Waals surface area contributed by atoms with E-state index in [9.17, 15) is 4.39 Å². The number of hydrogen-bond donors (Lipinski definition) is 0. The molecule has 0 saturated heterocycles. The number of rotatable bonds is 0. The van der Waals surface area contributed by atoms with Crippen molar-refractivity contribution < 1.29 is 4.39 Å². The van der Waals surface area contributed by atoms with Gasteiger partial charge >= 0.3 is 0 Å². The molecule has 0 aliphatic carbocycles. The fourth-order valence-electron chi connectivity index (χ4n) is 1.15. The number of aromatic nitrogens is 1. The molecule has 13 heavy (non-hydrogen) atoms. The molecular formula is C9H4Br2FN. The number of benzene rings is 1. The molecule has 0 fully saturated rings. The van der Waals surface area contributed by atoms with Crippen LogP contribution in [0.4, 0.5) is 4.39 Å². The lowest BCUT2D eigenvalue weighted by atomic mass is 10.2. The van der Waals surface area contributed by atoms with Gasteiger partial charge in [0.1, 0.15) is 15.0 Å². The van der Waals surface area contributed by atoms with E-state index >= 15 is 0 Å². The van der Waals surface area contributed by atoms with Gasteiger partial charge in [0.2, 0.25) is 0 Å². The standard InChI is InChI=1S/C9H4Br2FN/c10-8-3-5-1-2-6(12)4-7(5)9(11)13-8/h1-4H. The van der Waals surface area contributed by atoms with Crippen LogP contribution in [0.3, 0.4) is 0 Å². The van der Waals surface area contributed by atoms with Gasteiger partial charge < -0.3 is 0 Å². The first-order chi connectivity index (χ1) is 6.16. The predicted molar refractivity (Wildman–Crippen MR) is 57.1 cm³/mol. The van der Waals surface area contributed by atoms with E-state index in [-0.39, 0.29) is 5.82 Å². The molecule has 1 aromatic heterocycles. The molecule has 0 atom stereocenters. The van der Waals surface area contributed by atoms with Crippen molar-refractivity contribution in [2.45, 2.75) is 0 Å². The summed E-state index contributed by atoms with van der Waals surface area (Å²) in [5, 5.41) is 1.73. The highest BCUT2D eigenvalue weighted by molar-refractivity contribution is 9.11. The number of pyridine rings is 1. The molecule has 4 heteroatoms. The van der Waals surface area contributed by atoms with Crippen molar-refractivity contribution in [3.63, 3.8) is 0 Å².